The first-order chi connectivity index (χ1) is 15.2. The first kappa shape index (κ1) is 20.5. The number of halogens is 1. The minimum Gasteiger partial charge on any atom is -0.493 e. The van der Waals surface area contributed by atoms with Crippen molar-refractivity contribution in [2.45, 2.75) is 6.61 Å². The minimum absolute atomic E-state index is 0.356. The maximum Gasteiger partial charge on any atom is 0.168 e. The summed E-state index contributed by atoms with van der Waals surface area (Å²) in [6.45, 7) is 0.356. The number of hydrogen-bond donors (Lipinski definition) is 0. The summed E-state index contributed by atoms with van der Waals surface area (Å²) in [7, 11) is 1.61. The number of rotatable bonds is 6. The molecule has 0 atom stereocenters. The largest absolute Gasteiger partial charge is 0.493 e. The van der Waals surface area contributed by atoms with Gasteiger partial charge in [-0.3, -0.25) is 0 Å². The van der Waals surface area contributed by atoms with Crippen molar-refractivity contribution >= 4 is 34.0 Å². The molecule has 0 spiro atoms. The van der Waals surface area contributed by atoms with E-state index in [1.807, 2.05) is 91.0 Å². The molecule has 4 aromatic carbocycles. The van der Waals surface area contributed by atoms with Crippen LogP contribution in [0.25, 0.3) is 22.4 Å². The van der Waals surface area contributed by atoms with Crippen LogP contribution in [0.3, 0.4) is 0 Å². The molecule has 31 heavy (non-hydrogen) atoms. The van der Waals surface area contributed by atoms with Crippen LogP contribution >= 0.6 is 11.6 Å². The standard InChI is InChI=1S/C27H20ClNO2/c1-30-26-11-5-8-21(27(26)31-18-19-12-14-23(28)15-13-19)16-22(17-29)25-10-4-7-20-6-2-3-9-24(20)25/h2-16H,18H2,1H3/b22-16-. The molecule has 0 N–H and O–H groups in total. The van der Waals surface area contributed by atoms with Gasteiger partial charge in [-0.15, -0.1) is 0 Å². The van der Waals surface area contributed by atoms with Crippen molar-refractivity contribution in [1.29, 1.82) is 5.26 Å². The molecule has 0 unspecified atom stereocenters. The summed E-state index contributed by atoms with van der Waals surface area (Å²) < 4.78 is 11.7. The molecule has 0 saturated carbocycles. The van der Waals surface area contributed by atoms with Crippen molar-refractivity contribution in [3.63, 3.8) is 0 Å². The van der Waals surface area contributed by atoms with Crippen LogP contribution in [-0.4, -0.2) is 7.11 Å². The molecule has 0 aliphatic heterocycles. The van der Waals surface area contributed by atoms with Gasteiger partial charge in [-0.25, -0.2) is 0 Å². The fourth-order valence-electron chi connectivity index (χ4n) is 3.48. The summed E-state index contributed by atoms with van der Waals surface area (Å²) in [6, 6.07) is 29.5. The van der Waals surface area contributed by atoms with Crippen molar-refractivity contribution in [2.24, 2.45) is 0 Å². The summed E-state index contributed by atoms with van der Waals surface area (Å²) in [5.74, 6) is 1.20. The third-order valence-corrected chi connectivity index (χ3v) is 5.28. The zero-order valence-corrected chi connectivity index (χ0v) is 17.8. The number of methoxy groups -OCH3 is 1. The van der Waals surface area contributed by atoms with Gasteiger partial charge < -0.3 is 9.47 Å². The zero-order valence-electron chi connectivity index (χ0n) is 17.0. The van der Waals surface area contributed by atoms with E-state index in [9.17, 15) is 5.26 Å². The maximum absolute atomic E-state index is 9.95. The fourth-order valence-corrected chi connectivity index (χ4v) is 3.61. The Balaban J connectivity index is 1.75. The molecule has 0 fully saturated rings. The summed E-state index contributed by atoms with van der Waals surface area (Å²) in [4.78, 5) is 0. The van der Waals surface area contributed by atoms with E-state index in [0.29, 0.717) is 28.7 Å². The molecule has 152 valence electrons. The Morgan fingerprint density at radius 3 is 2.45 bits per heavy atom. The normalized spacial score (nSPS) is 11.2. The summed E-state index contributed by atoms with van der Waals surface area (Å²) in [5, 5.41) is 12.7. The van der Waals surface area contributed by atoms with Gasteiger partial charge in [0.15, 0.2) is 11.5 Å². The maximum atomic E-state index is 9.95. The van der Waals surface area contributed by atoms with Gasteiger partial charge in [-0.2, -0.15) is 5.26 Å². The van der Waals surface area contributed by atoms with Gasteiger partial charge in [0.25, 0.3) is 0 Å². The van der Waals surface area contributed by atoms with E-state index in [1.54, 1.807) is 7.11 Å². The molecule has 4 aromatic rings. The molecular weight excluding hydrogens is 406 g/mol. The molecule has 0 aliphatic rings. The number of fused-ring (bicyclic) bond motifs is 1. The summed E-state index contributed by atoms with van der Waals surface area (Å²) >= 11 is 5.98. The van der Waals surface area contributed by atoms with Crippen molar-refractivity contribution in [2.75, 3.05) is 7.11 Å². The van der Waals surface area contributed by atoms with Crippen molar-refractivity contribution in [1.82, 2.24) is 0 Å². The van der Waals surface area contributed by atoms with Gasteiger partial charge in [-0.1, -0.05) is 78.3 Å². The molecule has 4 rings (SSSR count). The van der Waals surface area contributed by atoms with Crippen LogP contribution < -0.4 is 9.47 Å². The zero-order chi connectivity index (χ0) is 21.6. The highest BCUT2D eigenvalue weighted by Gasteiger charge is 2.13. The Labute approximate surface area is 186 Å². The second-order valence-electron chi connectivity index (χ2n) is 6.99. The Kier molecular flexibility index (Phi) is 6.21. The fraction of sp³-hybridized carbons (Fsp3) is 0.0741. The molecule has 0 amide bonds. The van der Waals surface area contributed by atoms with Gasteiger partial charge in [0.05, 0.1) is 18.8 Å². The number of para-hydroxylation sites is 1. The first-order valence-corrected chi connectivity index (χ1v) is 10.2. The topological polar surface area (TPSA) is 42.2 Å². The Morgan fingerprint density at radius 2 is 1.68 bits per heavy atom. The number of nitrogens with zero attached hydrogens (tertiary/aromatic N) is 1. The lowest BCUT2D eigenvalue weighted by atomic mass is 9.97. The van der Waals surface area contributed by atoms with Crippen LogP contribution in [0, 0.1) is 11.3 Å². The lowest BCUT2D eigenvalue weighted by Gasteiger charge is -2.14. The number of hydrogen-bond acceptors (Lipinski definition) is 3. The predicted octanol–water partition coefficient (Wildman–Crippen LogP) is 7.14. The molecule has 0 aromatic heterocycles. The third-order valence-electron chi connectivity index (χ3n) is 5.03. The number of benzene rings is 4. The lowest BCUT2D eigenvalue weighted by Crippen LogP contribution is -1.99. The summed E-state index contributed by atoms with van der Waals surface area (Å²) in [5.41, 5.74) is 3.20. The molecule has 0 bridgehead atoms. The van der Waals surface area contributed by atoms with Crippen LogP contribution in [0.5, 0.6) is 11.5 Å². The molecule has 0 heterocycles. The van der Waals surface area contributed by atoms with Crippen LogP contribution in [0.4, 0.5) is 0 Å². The highest BCUT2D eigenvalue weighted by Crippen LogP contribution is 2.35. The molecule has 0 saturated heterocycles. The minimum atomic E-state index is 0.356. The van der Waals surface area contributed by atoms with Crippen molar-refractivity contribution in [3.05, 3.63) is 107 Å². The van der Waals surface area contributed by atoms with Gasteiger partial charge in [0.1, 0.15) is 6.61 Å². The second-order valence-corrected chi connectivity index (χ2v) is 7.43. The van der Waals surface area contributed by atoms with E-state index in [4.69, 9.17) is 21.1 Å². The number of ether oxygens (including phenoxy) is 2. The SMILES string of the molecule is COc1cccc(/C=C(/C#N)c2cccc3ccccc23)c1OCc1ccc(Cl)cc1. The molecule has 3 nitrogen and oxygen atoms in total. The van der Waals surface area contributed by atoms with E-state index >= 15 is 0 Å². The average Bonchev–Trinajstić information content (AvgIpc) is 2.82. The van der Waals surface area contributed by atoms with Crippen LogP contribution in [0.1, 0.15) is 16.7 Å². The third kappa shape index (κ3) is 4.55. The van der Waals surface area contributed by atoms with Crippen molar-refractivity contribution in [3.8, 4) is 17.6 Å². The number of nitriles is 1. The lowest BCUT2D eigenvalue weighted by molar-refractivity contribution is 0.284. The summed E-state index contributed by atoms with van der Waals surface area (Å²) in [6.07, 6.45) is 1.85. The highest BCUT2D eigenvalue weighted by atomic mass is 35.5. The molecule has 4 heteroatoms. The molecule has 0 aliphatic carbocycles. The molecule has 0 radical (unpaired) electrons. The molecular formula is C27H20ClNO2. The highest BCUT2D eigenvalue weighted by molar-refractivity contribution is 6.30. The van der Waals surface area contributed by atoms with E-state index in [-0.39, 0.29) is 0 Å². The Hall–Kier alpha value is -3.74. The first-order valence-electron chi connectivity index (χ1n) is 9.84. The van der Waals surface area contributed by atoms with Crippen LogP contribution in [0.2, 0.25) is 5.02 Å². The predicted molar refractivity (Wildman–Crippen MR) is 126 cm³/mol. The van der Waals surface area contributed by atoms with E-state index in [2.05, 4.69) is 6.07 Å². The van der Waals surface area contributed by atoms with E-state index in [0.717, 1.165) is 27.5 Å². The quantitative estimate of drug-likeness (QED) is 0.243. The Bertz CT molecular complexity index is 1280. The van der Waals surface area contributed by atoms with Crippen LogP contribution in [0.15, 0.2) is 84.9 Å². The van der Waals surface area contributed by atoms with E-state index < -0.39 is 0 Å². The van der Waals surface area contributed by atoms with Gasteiger partial charge in [0, 0.05) is 16.1 Å². The number of allylic oxidation sites excluding steroid dienone is 1. The van der Waals surface area contributed by atoms with E-state index in [1.165, 1.54) is 0 Å². The smallest absolute Gasteiger partial charge is 0.168 e. The Morgan fingerprint density at radius 1 is 0.935 bits per heavy atom. The van der Waals surface area contributed by atoms with Gasteiger partial charge in [-0.05, 0) is 40.6 Å². The van der Waals surface area contributed by atoms with Gasteiger partial charge >= 0.3 is 0 Å². The van der Waals surface area contributed by atoms with Crippen molar-refractivity contribution < 1.29 is 9.47 Å². The monoisotopic (exact) mass is 425 g/mol. The second kappa shape index (κ2) is 9.38. The van der Waals surface area contributed by atoms with Crippen LogP contribution in [-0.2, 0) is 6.61 Å². The van der Waals surface area contributed by atoms with Gasteiger partial charge in [0.2, 0.25) is 0 Å². The average molecular weight is 426 g/mol.